The Hall–Kier alpha value is -2.66. The van der Waals surface area contributed by atoms with Crippen LogP contribution in [0.4, 0.5) is 13.2 Å². The maximum absolute atomic E-state index is 12.7. The van der Waals surface area contributed by atoms with Crippen molar-refractivity contribution in [1.29, 1.82) is 0 Å². The number of thiophene rings is 1. The minimum atomic E-state index is -5.08. The Morgan fingerprint density at radius 1 is 1.27 bits per heavy atom. The van der Waals surface area contributed by atoms with Gasteiger partial charge in [0.1, 0.15) is 12.2 Å². The lowest BCUT2D eigenvalue weighted by Crippen LogP contribution is -2.54. The second-order valence-corrected chi connectivity index (χ2v) is 7.40. The normalized spacial score (nSPS) is 23.2. The molecule has 2 aromatic rings. The van der Waals surface area contributed by atoms with Gasteiger partial charge < -0.3 is 19.5 Å². The summed E-state index contributed by atoms with van der Waals surface area (Å²) >= 11 is 1.55. The van der Waals surface area contributed by atoms with Crippen LogP contribution in [0.5, 0.6) is 5.88 Å². The van der Waals surface area contributed by atoms with Crippen molar-refractivity contribution in [3.63, 3.8) is 0 Å². The summed E-state index contributed by atoms with van der Waals surface area (Å²) in [4.78, 5) is 27.8. The largest absolute Gasteiger partial charge is 0.490 e. The van der Waals surface area contributed by atoms with E-state index in [1.54, 1.807) is 17.5 Å². The number of hydrogen-bond acceptors (Lipinski definition) is 6. The summed E-state index contributed by atoms with van der Waals surface area (Å²) in [5, 5.41) is 11.0. The van der Waals surface area contributed by atoms with Crippen molar-refractivity contribution in [1.82, 2.24) is 9.88 Å². The Morgan fingerprint density at radius 2 is 2.03 bits per heavy atom. The van der Waals surface area contributed by atoms with Gasteiger partial charge in [-0.05, 0) is 30.4 Å². The predicted octanol–water partition coefficient (Wildman–Crippen LogP) is 3.23. The van der Waals surface area contributed by atoms with E-state index in [9.17, 15) is 18.0 Å². The second kappa shape index (κ2) is 9.43. The van der Waals surface area contributed by atoms with Gasteiger partial charge in [0.15, 0.2) is 0 Å². The van der Waals surface area contributed by atoms with Crippen molar-refractivity contribution in [3.05, 3.63) is 46.8 Å². The number of rotatable bonds is 3. The van der Waals surface area contributed by atoms with Crippen molar-refractivity contribution < 1.29 is 37.3 Å². The summed E-state index contributed by atoms with van der Waals surface area (Å²) in [7, 11) is 0. The van der Waals surface area contributed by atoms with Crippen LogP contribution in [0.2, 0.25) is 0 Å². The number of pyridine rings is 1. The molecule has 30 heavy (non-hydrogen) atoms. The Bertz CT molecular complexity index is 848. The molecule has 11 heteroatoms. The Morgan fingerprint density at radius 3 is 2.63 bits per heavy atom. The molecule has 1 saturated carbocycles. The van der Waals surface area contributed by atoms with Gasteiger partial charge in [0.25, 0.3) is 5.91 Å². The quantitative estimate of drug-likeness (QED) is 0.782. The number of fused-ring (bicyclic) bond motifs is 1. The van der Waals surface area contributed by atoms with Gasteiger partial charge in [0.05, 0.1) is 18.2 Å². The highest BCUT2D eigenvalue weighted by Crippen LogP contribution is 2.33. The van der Waals surface area contributed by atoms with E-state index in [4.69, 9.17) is 19.4 Å². The second-order valence-electron chi connectivity index (χ2n) is 6.62. The molecule has 0 aromatic carbocycles. The van der Waals surface area contributed by atoms with E-state index < -0.39 is 12.1 Å². The minimum Gasteiger partial charge on any atom is -0.475 e. The van der Waals surface area contributed by atoms with Gasteiger partial charge in [-0.1, -0.05) is 6.07 Å². The average molecular weight is 444 g/mol. The number of alkyl halides is 3. The van der Waals surface area contributed by atoms with Gasteiger partial charge in [-0.2, -0.15) is 24.5 Å². The number of aromatic nitrogens is 1. The molecule has 2 aliphatic rings. The fraction of sp³-hybridized carbons (Fsp3) is 0.421. The Labute approximate surface area is 174 Å². The molecule has 2 aromatic heterocycles. The molecule has 4 rings (SSSR count). The molecular formula is C19H19F3N2O5S. The van der Waals surface area contributed by atoms with E-state index in [0.717, 1.165) is 18.4 Å². The molecule has 0 radical (unpaired) electrons. The molecule has 1 N–H and O–H groups in total. The molecule has 3 heterocycles. The van der Waals surface area contributed by atoms with E-state index in [2.05, 4.69) is 4.98 Å². The zero-order chi connectivity index (χ0) is 21.7. The number of amides is 1. The van der Waals surface area contributed by atoms with Crippen molar-refractivity contribution in [2.75, 3.05) is 13.2 Å². The van der Waals surface area contributed by atoms with Gasteiger partial charge in [-0.25, -0.2) is 9.78 Å². The number of carbonyl (C=O) groups is 2. The third-order valence-corrected chi connectivity index (χ3v) is 5.40. The monoisotopic (exact) mass is 444 g/mol. The number of aliphatic carboxylic acids is 1. The van der Waals surface area contributed by atoms with Crippen molar-refractivity contribution in [2.24, 2.45) is 0 Å². The van der Waals surface area contributed by atoms with Crippen molar-refractivity contribution in [2.45, 2.75) is 37.3 Å². The number of hydrogen-bond donors (Lipinski definition) is 1. The summed E-state index contributed by atoms with van der Waals surface area (Å²) < 4.78 is 43.7. The van der Waals surface area contributed by atoms with Crippen LogP contribution in [0, 0.1) is 0 Å². The highest BCUT2D eigenvalue weighted by Gasteiger charge is 2.46. The van der Waals surface area contributed by atoms with E-state index in [0.29, 0.717) is 19.0 Å². The molecule has 7 nitrogen and oxygen atoms in total. The van der Waals surface area contributed by atoms with Crippen LogP contribution in [0.1, 0.15) is 23.2 Å². The number of ether oxygens (including phenoxy) is 2. The SMILES string of the molecule is O=C(O)C(F)(F)F.O=C(c1ccsc1)N1CCO[C@H]2[C@@H](Oc3ccccn3)CC[C@@H]21. The minimum absolute atomic E-state index is 0.0482. The molecule has 0 unspecified atom stereocenters. The molecule has 2 fully saturated rings. The standard InChI is InChI=1S/C17H18N2O3S.C2HF3O2/c20-17(12-6-10-23-11-12)19-8-9-21-16-13(19)4-5-14(16)22-15-3-1-2-7-18-15;3-2(4,5)1(6)7/h1-3,6-7,10-11,13-14,16H,4-5,8-9H2;(H,6,7)/t13-,14-,16+;/m0./s1. The molecule has 1 aliphatic carbocycles. The third kappa shape index (κ3) is 5.28. The number of halogens is 3. The fourth-order valence-corrected chi connectivity index (χ4v) is 4.05. The van der Waals surface area contributed by atoms with E-state index >= 15 is 0 Å². The molecule has 1 aliphatic heterocycles. The number of carbonyl (C=O) groups excluding carboxylic acids is 1. The maximum Gasteiger partial charge on any atom is 0.490 e. The van der Waals surface area contributed by atoms with Gasteiger partial charge in [-0.15, -0.1) is 0 Å². The lowest BCUT2D eigenvalue weighted by atomic mass is 10.1. The first-order valence-electron chi connectivity index (χ1n) is 9.10. The number of carboxylic acids is 1. The van der Waals surface area contributed by atoms with Crippen LogP contribution in [0.3, 0.4) is 0 Å². The first-order valence-corrected chi connectivity index (χ1v) is 10.0. The zero-order valence-electron chi connectivity index (χ0n) is 15.6. The van der Waals surface area contributed by atoms with Crippen molar-refractivity contribution >= 4 is 23.2 Å². The summed E-state index contributed by atoms with van der Waals surface area (Å²) in [6.45, 7) is 1.20. The molecule has 1 amide bonds. The first-order chi connectivity index (χ1) is 14.3. The van der Waals surface area contributed by atoms with E-state index in [1.807, 2.05) is 39.9 Å². The van der Waals surface area contributed by atoms with Crippen LogP contribution in [0.15, 0.2) is 41.2 Å². The van der Waals surface area contributed by atoms with Crippen LogP contribution in [-0.4, -0.2) is 64.4 Å². The molecule has 1 saturated heterocycles. The summed E-state index contributed by atoms with van der Waals surface area (Å²) in [6.07, 6.45) is -1.71. The lowest BCUT2D eigenvalue weighted by Gasteiger charge is -2.38. The number of nitrogens with zero attached hydrogens (tertiary/aromatic N) is 2. The van der Waals surface area contributed by atoms with E-state index in [1.165, 1.54) is 0 Å². The van der Waals surface area contributed by atoms with Crippen molar-refractivity contribution in [3.8, 4) is 5.88 Å². The van der Waals surface area contributed by atoms with Gasteiger partial charge >= 0.3 is 12.1 Å². The zero-order valence-corrected chi connectivity index (χ0v) is 16.4. The highest BCUT2D eigenvalue weighted by atomic mass is 32.1. The number of carboxylic acid groups (broad SMARTS) is 1. The average Bonchev–Trinajstić information content (AvgIpc) is 3.38. The molecule has 3 atom stereocenters. The highest BCUT2D eigenvalue weighted by molar-refractivity contribution is 7.08. The van der Waals surface area contributed by atoms with Gasteiger partial charge in [-0.3, -0.25) is 4.79 Å². The van der Waals surface area contributed by atoms with Gasteiger partial charge in [0.2, 0.25) is 5.88 Å². The van der Waals surface area contributed by atoms with Crippen LogP contribution < -0.4 is 4.74 Å². The Kier molecular flexibility index (Phi) is 6.93. The molecule has 0 spiro atoms. The van der Waals surface area contributed by atoms with E-state index in [-0.39, 0.29) is 24.2 Å². The third-order valence-electron chi connectivity index (χ3n) is 4.72. The first kappa shape index (κ1) is 22.0. The van der Waals surface area contributed by atoms with Crippen LogP contribution in [-0.2, 0) is 9.53 Å². The molecule has 162 valence electrons. The maximum atomic E-state index is 12.7. The summed E-state index contributed by atoms with van der Waals surface area (Å²) in [5.41, 5.74) is 0.768. The summed E-state index contributed by atoms with van der Waals surface area (Å²) in [6, 6.07) is 7.59. The smallest absolute Gasteiger partial charge is 0.475 e. The number of morpholine rings is 1. The van der Waals surface area contributed by atoms with Crippen LogP contribution >= 0.6 is 11.3 Å². The Balaban J connectivity index is 0.000000318. The predicted molar refractivity (Wildman–Crippen MR) is 100 cm³/mol. The lowest BCUT2D eigenvalue weighted by molar-refractivity contribution is -0.192. The molecular weight excluding hydrogens is 425 g/mol. The fourth-order valence-electron chi connectivity index (χ4n) is 3.42. The summed E-state index contributed by atoms with van der Waals surface area (Å²) in [5.74, 6) is -2.04. The topological polar surface area (TPSA) is 89.0 Å². The van der Waals surface area contributed by atoms with Gasteiger partial charge in [0, 0.05) is 24.2 Å². The van der Waals surface area contributed by atoms with Crippen LogP contribution in [0.25, 0.3) is 0 Å². The molecule has 0 bridgehead atoms.